The van der Waals surface area contributed by atoms with E-state index < -0.39 is 11.9 Å². The number of methoxy groups -OCH3 is 4. The van der Waals surface area contributed by atoms with Crippen molar-refractivity contribution in [2.24, 2.45) is 0 Å². The standard InChI is InChI=1S/C28H26N2O7/c1-33-21-11-13-22(14-12-21)37-17-19-16-18(10-15-23(19)34-2)25-24(27(31)35-3)26(28(32)36-4)30(29-25)20-8-6-5-7-9-20/h5-16H,17H2,1-4H3. The highest BCUT2D eigenvalue weighted by Crippen LogP contribution is 2.33. The Morgan fingerprint density at radius 1 is 0.784 bits per heavy atom. The minimum absolute atomic E-state index is 0.00890. The molecule has 0 fully saturated rings. The average Bonchev–Trinajstić information content (AvgIpc) is 3.36. The summed E-state index contributed by atoms with van der Waals surface area (Å²) in [7, 11) is 5.65. The number of carbonyl (C=O) groups is 2. The van der Waals surface area contributed by atoms with Crippen LogP contribution in [-0.2, 0) is 16.1 Å². The van der Waals surface area contributed by atoms with E-state index >= 15 is 0 Å². The summed E-state index contributed by atoms with van der Waals surface area (Å²) >= 11 is 0. The van der Waals surface area contributed by atoms with Crippen molar-refractivity contribution < 1.29 is 33.3 Å². The van der Waals surface area contributed by atoms with Crippen molar-refractivity contribution >= 4 is 11.9 Å². The fraction of sp³-hybridized carbons (Fsp3) is 0.179. The molecule has 190 valence electrons. The summed E-state index contributed by atoms with van der Waals surface area (Å²) in [4.78, 5) is 25.7. The van der Waals surface area contributed by atoms with Gasteiger partial charge in [-0.15, -0.1) is 0 Å². The summed E-state index contributed by atoms with van der Waals surface area (Å²) in [5, 5.41) is 4.64. The van der Waals surface area contributed by atoms with E-state index in [0.717, 1.165) is 5.75 Å². The Labute approximate surface area is 214 Å². The summed E-state index contributed by atoms with van der Waals surface area (Å²) in [6.07, 6.45) is 0. The largest absolute Gasteiger partial charge is 0.497 e. The number of para-hydroxylation sites is 1. The zero-order chi connectivity index (χ0) is 26.4. The van der Waals surface area contributed by atoms with Crippen LogP contribution < -0.4 is 14.2 Å². The number of ether oxygens (including phenoxy) is 5. The Kier molecular flexibility index (Phi) is 7.73. The van der Waals surface area contributed by atoms with Crippen LogP contribution in [0.25, 0.3) is 16.9 Å². The first-order valence-corrected chi connectivity index (χ1v) is 11.3. The van der Waals surface area contributed by atoms with Gasteiger partial charge in [-0.1, -0.05) is 18.2 Å². The van der Waals surface area contributed by atoms with Gasteiger partial charge in [0.15, 0.2) is 5.69 Å². The fourth-order valence-corrected chi connectivity index (χ4v) is 3.83. The number of hydrogen-bond donors (Lipinski definition) is 0. The molecular weight excluding hydrogens is 476 g/mol. The van der Waals surface area contributed by atoms with Crippen molar-refractivity contribution in [2.75, 3.05) is 28.4 Å². The molecule has 4 rings (SSSR count). The van der Waals surface area contributed by atoms with Gasteiger partial charge in [-0.05, 0) is 54.6 Å². The van der Waals surface area contributed by atoms with Crippen LogP contribution in [0.4, 0.5) is 0 Å². The minimum Gasteiger partial charge on any atom is -0.497 e. The van der Waals surface area contributed by atoms with Crippen LogP contribution in [-0.4, -0.2) is 50.2 Å². The Morgan fingerprint density at radius 3 is 2.08 bits per heavy atom. The predicted octanol–water partition coefficient (Wildman–Crippen LogP) is 4.71. The van der Waals surface area contributed by atoms with Gasteiger partial charge in [-0.25, -0.2) is 14.3 Å². The molecule has 4 aromatic rings. The van der Waals surface area contributed by atoms with E-state index in [1.165, 1.54) is 18.9 Å². The van der Waals surface area contributed by atoms with Crippen LogP contribution in [0, 0.1) is 0 Å². The quantitative estimate of drug-likeness (QED) is 0.304. The topological polar surface area (TPSA) is 98.1 Å². The number of esters is 2. The van der Waals surface area contributed by atoms with Crippen LogP contribution in [0.3, 0.4) is 0 Å². The number of aromatic nitrogens is 2. The summed E-state index contributed by atoms with van der Waals surface area (Å²) in [6, 6.07) is 21.5. The normalized spacial score (nSPS) is 10.5. The molecule has 0 atom stereocenters. The van der Waals surface area contributed by atoms with E-state index in [0.29, 0.717) is 28.3 Å². The van der Waals surface area contributed by atoms with E-state index in [1.807, 2.05) is 6.07 Å². The Bertz CT molecular complexity index is 1400. The lowest BCUT2D eigenvalue weighted by molar-refractivity contribution is 0.0549. The first-order valence-electron chi connectivity index (χ1n) is 11.3. The SMILES string of the molecule is COC(=O)c1c(-c2ccc(OC)c(COc3ccc(OC)cc3)c2)nn(-c2ccccc2)c1C(=O)OC. The van der Waals surface area contributed by atoms with E-state index in [2.05, 4.69) is 5.10 Å². The number of rotatable bonds is 9. The minimum atomic E-state index is -0.723. The molecular formula is C28H26N2O7. The molecule has 9 heteroatoms. The van der Waals surface area contributed by atoms with Gasteiger partial charge in [0, 0.05) is 11.1 Å². The summed E-state index contributed by atoms with van der Waals surface area (Å²) in [5.74, 6) is 0.513. The van der Waals surface area contributed by atoms with Crippen molar-refractivity contribution in [3.8, 4) is 34.2 Å². The Morgan fingerprint density at radius 2 is 1.46 bits per heavy atom. The van der Waals surface area contributed by atoms with Gasteiger partial charge in [0.05, 0.1) is 34.1 Å². The van der Waals surface area contributed by atoms with Crippen molar-refractivity contribution in [3.05, 3.63) is 89.6 Å². The van der Waals surface area contributed by atoms with Gasteiger partial charge >= 0.3 is 11.9 Å². The molecule has 0 saturated carbocycles. The molecule has 0 aliphatic heterocycles. The van der Waals surface area contributed by atoms with Crippen LogP contribution >= 0.6 is 0 Å². The number of nitrogens with zero attached hydrogens (tertiary/aromatic N) is 2. The number of benzene rings is 3. The average molecular weight is 503 g/mol. The van der Waals surface area contributed by atoms with Crippen LogP contribution in [0.2, 0.25) is 0 Å². The maximum absolute atomic E-state index is 12.9. The maximum atomic E-state index is 12.9. The molecule has 3 aromatic carbocycles. The maximum Gasteiger partial charge on any atom is 0.357 e. The third kappa shape index (κ3) is 5.25. The highest BCUT2D eigenvalue weighted by molar-refractivity contribution is 6.06. The molecule has 0 saturated heterocycles. The summed E-state index contributed by atoms with van der Waals surface area (Å²) in [6.45, 7) is 0.181. The first-order chi connectivity index (χ1) is 18.0. The highest BCUT2D eigenvalue weighted by atomic mass is 16.5. The van der Waals surface area contributed by atoms with E-state index in [4.69, 9.17) is 23.7 Å². The zero-order valence-corrected chi connectivity index (χ0v) is 20.9. The second-order valence-electron chi connectivity index (χ2n) is 7.79. The lowest BCUT2D eigenvalue weighted by Gasteiger charge is -2.12. The van der Waals surface area contributed by atoms with Crippen molar-refractivity contribution in [1.82, 2.24) is 9.78 Å². The van der Waals surface area contributed by atoms with E-state index in [-0.39, 0.29) is 23.6 Å². The molecule has 37 heavy (non-hydrogen) atoms. The second-order valence-corrected chi connectivity index (χ2v) is 7.79. The number of carbonyl (C=O) groups excluding carboxylic acids is 2. The van der Waals surface area contributed by atoms with Crippen LogP contribution in [0.1, 0.15) is 26.4 Å². The van der Waals surface area contributed by atoms with Gasteiger partial charge in [-0.2, -0.15) is 5.10 Å². The Balaban J connectivity index is 1.81. The van der Waals surface area contributed by atoms with Crippen LogP contribution in [0.15, 0.2) is 72.8 Å². The molecule has 1 aromatic heterocycles. The molecule has 0 unspecified atom stereocenters. The van der Waals surface area contributed by atoms with E-state index in [1.54, 1.807) is 80.9 Å². The first kappa shape index (κ1) is 25.3. The van der Waals surface area contributed by atoms with Gasteiger partial charge in [-0.3, -0.25) is 0 Å². The van der Waals surface area contributed by atoms with Gasteiger partial charge in [0.25, 0.3) is 0 Å². The molecule has 0 aliphatic carbocycles. The molecule has 0 radical (unpaired) electrons. The predicted molar refractivity (Wildman–Crippen MR) is 136 cm³/mol. The van der Waals surface area contributed by atoms with Crippen molar-refractivity contribution in [2.45, 2.75) is 6.61 Å². The highest BCUT2D eigenvalue weighted by Gasteiger charge is 2.31. The molecule has 1 heterocycles. The third-order valence-corrected chi connectivity index (χ3v) is 5.66. The summed E-state index contributed by atoms with van der Waals surface area (Å²) in [5.41, 5.74) is 2.06. The van der Waals surface area contributed by atoms with E-state index in [9.17, 15) is 9.59 Å². The van der Waals surface area contributed by atoms with Crippen molar-refractivity contribution in [1.29, 1.82) is 0 Å². The van der Waals surface area contributed by atoms with Gasteiger partial charge in [0.2, 0.25) is 0 Å². The van der Waals surface area contributed by atoms with Crippen LogP contribution in [0.5, 0.6) is 17.2 Å². The molecule has 0 bridgehead atoms. The number of hydrogen-bond acceptors (Lipinski definition) is 8. The molecule has 0 spiro atoms. The molecule has 9 nitrogen and oxygen atoms in total. The smallest absolute Gasteiger partial charge is 0.357 e. The third-order valence-electron chi connectivity index (χ3n) is 5.66. The zero-order valence-electron chi connectivity index (χ0n) is 20.9. The summed E-state index contributed by atoms with van der Waals surface area (Å²) < 4.78 is 28.1. The Hall–Kier alpha value is -4.79. The lowest BCUT2D eigenvalue weighted by atomic mass is 10.0. The van der Waals surface area contributed by atoms with Gasteiger partial charge in [0.1, 0.15) is 35.1 Å². The second kappa shape index (κ2) is 11.3. The molecule has 0 N–H and O–H groups in total. The molecule has 0 aliphatic rings. The fourth-order valence-electron chi connectivity index (χ4n) is 3.83. The van der Waals surface area contributed by atoms with Gasteiger partial charge < -0.3 is 23.7 Å². The lowest BCUT2D eigenvalue weighted by Crippen LogP contribution is -2.15. The molecule has 0 amide bonds. The monoisotopic (exact) mass is 502 g/mol. The van der Waals surface area contributed by atoms with Crippen molar-refractivity contribution in [3.63, 3.8) is 0 Å².